The van der Waals surface area contributed by atoms with Crippen LogP contribution in [-0.4, -0.2) is 23.0 Å². The number of thioether (sulfide) groups is 6. The second-order valence-electron chi connectivity index (χ2n) is 8.36. The Morgan fingerprint density at radius 2 is 1.00 bits per heavy atom. The molecule has 8 heteroatoms. The fraction of sp³-hybridized carbons (Fsp3) is 0.769. The molecule has 1 aromatic rings. The molecule has 0 bridgehead atoms. The van der Waals surface area contributed by atoms with Crippen molar-refractivity contribution in [1.82, 2.24) is 0 Å². The van der Waals surface area contributed by atoms with Gasteiger partial charge in [0.1, 0.15) is 22.7 Å². The van der Waals surface area contributed by atoms with Gasteiger partial charge in [-0.3, -0.25) is 0 Å². The van der Waals surface area contributed by atoms with Crippen LogP contribution in [0, 0.1) is 4.58 Å². The lowest BCUT2D eigenvalue weighted by Gasteiger charge is -2.04. The van der Waals surface area contributed by atoms with Gasteiger partial charge < -0.3 is 0 Å². The maximum atomic E-state index is 2.30. The highest BCUT2D eigenvalue weighted by Gasteiger charge is 2.38. The van der Waals surface area contributed by atoms with E-state index in [1.807, 2.05) is 0 Å². The molecule has 1 radical (unpaired) electrons. The van der Waals surface area contributed by atoms with Gasteiger partial charge in [0.15, 0.2) is 4.58 Å². The van der Waals surface area contributed by atoms with Crippen LogP contribution in [0.3, 0.4) is 0 Å². The highest BCUT2D eigenvalue weighted by Crippen LogP contribution is 2.63. The lowest BCUT2D eigenvalue weighted by atomic mass is 10.3. The van der Waals surface area contributed by atoms with Crippen molar-refractivity contribution in [2.24, 2.45) is 0 Å². The van der Waals surface area contributed by atoms with E-state index in [4.69, 9.17) is 0 Å². The molecule has 1 aliphatic rings. The van der Waals surface area contributed by atoms with Gasteiger partial charge in [0.2, 0.25) is 8.42 Å². The molecule has 0 aliphatic carbocycles. The molecule has 1 aliphatic heterocycles. The van der Waals surface area contributed by atoms with Gasteiger partial charge in [-0.1, -0.05) is 126 Å². The van der Waals surface area contributed by atoms with Crippen molar-refractivity contribution < 1.29 is 0 Å². The maximum Gasteiger partial charge on any atom is 0.286 e. The Morgan fingerprint density at radius 1 is 0.559 bits per heavy atom. The van der Waals surface area contributed by atoms with Gasteiger partial charge in [-0.05, 0) is 37.2 Å². The largest absolute Gasteiger partial charge is 0.286 e. The van der Waals surface area contributed by atoms with E-state index in [2.05, 4.69) is 121 Å². The predicted molar refractivity (Wildman–Crippen MR) is 176 cm³/mol. The van der Waals surface area contributed by atoms with E-state index in [-0.39, 0.29) is 0 Å². The Labute approximate surface area is 244 Å². The molecule has 0 saturated carbocycles. The van der Waals surface area contributed by atoms with Gasteiger partial charge in [0, 0.05) is 11.5 Å². The van der Waals surface area contributed by atoms with Crippen molar-refractivity contribution in [3.05, 3.63) is 17.2 Å². The van der Waals surface area contributed by atoms with Crippen molar-refractivity contribution in [1.29, 1.82) is 0 Å². The van der Waals surface area contributed by atoms with E-state index in [0.717, 1.165) is 0 Å². The molecular weight excluding hydrogens is 569 g/mol. The highest BCUT2D eigenvalue weighted by molar-refractivity contribution is 8.40. The van der Waals surface area contributed by atoms with Crippen LogP contribution >= 0.6 is 93.2 Å². The fourth-order valence-electron chi connectivity index (χ4n) is 3.13. The molecule has 2 heterocycles. The SMILES string of the molecule is CCCCCSC1=C(SCCCCC)S[C](c2sc(SCCCCC)c(SCCCCC)[s+]2)S1. The Morgan fingerprint density at radius 3 is 1.47 bits per heavy atom. The molecule has 0 fully saturated rings. The van der Waals surface area contributed by atoms with E-state index in [1.165, 1.54) is 100 Å². The van der Waals surface area contributed by atoms with Gasteiger partial charge in [-0.15, -0.1) is 23.5 Å². The molecule has 0 unspecified atom stereocenters. The summed E-state index contributed by atoms with van der Waals surface area (Å²) in [5.74, 6) is 5.09. The zero-order chi connectivity index (χ0) is 24.4. The average Bonchev–Trinajstić information content (AvgIpc) is 3.44. The zero-order valence-electron chi connectivity index (χ0n) is 21.6. The third-order valence-electron chi connectivity index (χ3n) is 5.17. The Balaban J connectivity index is 2.04. The molecule has 34 heavy (non-hydrogen) atoms. The van der Waals surface area contributed by atoms with Crippen LogP contribution in [0.25, 0.3) is 0 Å². The molecule has 0 amide bonds. The van der Waals surface area contributed by atoms with Gasteiger partial charge in [-0.25, -0.2) is 0 Å². The molecule has 195 valence electrons. The number of hydrogen-bond acceptors (Lipinski definition) is 7. The standard InChI is InChI=1S/C26H44S8/c1-5-9-13-17-27-21-22(28-18-14-10-6-2)32-25(31-21)26-33-23(29-19-15-11-7-3)24(34-26)30-20-16-12-8-4/h5-20H2,1-4H3/q+1. The van der Waals surface area contributed by atoms with E-state index in [0.29, 0.717) is 0 Å². The van der Waals surface area contributed by atoms with Crippen LogP contribution in [0.2, 0.25) is 0 Å². The minimum absolute atomic E-state index is 1.27. The van der Waals surface area contributed by atoms with Gasteiger partial charge in [0.05, 0.1) is 8.47 Å². The third-order valence-corrected chi connectivity index (χ3v) is 17.1. The minimum atomic E-state index is 1.27. The summed E-state index contributed by atoms with van der Waals surface area (Å²) in [5.41, 5.74) is 0. The quantitative estimate of drug-likeness (QED) is 0.0763. The van der Waals surface area contributed by atoms with Gasteiger partial charge in [-0.2, -0.15) is 0 Å². The molecule has 0 nitrogen and oxygen atoms in total. The molecule has 0 atom stereocenters. The van der Waals surface area contributed by atoms with Crippen molar-refractivity contribution >= 4 is 93.2 Å². The van der Waals surface area contributed by atoms with E-state index in [1.54, 1.807) is 25.7 Å². The van der Waals surface area contributed by atoms with Crippen LogP contribution in [0.5, 0.6) is 0 Å². The second kappa shape index (κ2) is 20.8. The number of hydrogen-bond donors (Lipinski definition) is 0. The summed E-state index contributed by atoms with van der Waals surface area (Å²) in [5, 5.41) is 0. The summed E-state index contributed by atoms with van der Waals surface area (Å²) in [4.78, 5) is 0. The third kappa shape index (κ3) is 12.6. The van der Waals surface area contributed by atoms with E-state index < -0.39 is 0 Å². The molecule has 0 N–H and O–H groups in total. The first kappa shape index (κ1) is 32.1. The first-order chi connectivity index (χ1) is 16.7. The summed E-state index contributed by atoms with van der Waals surface area (Å²) in [6.45, 7) is 9.22. The smallest absolute Gasteiger partial charge is 0.118 e. The van der Waals surface area contributed by atoms with Crippen molar-refractivity contribution in [3.63, 3.8) is 0 Å². The summed E-state index contributed by atoms with van der Waals surface area (Å²) >= 11 is 16.8. The lowest BCUT2D eigenvalue weighted by Crippen LogP contribution is -1.82. The first-order valence-electron chi connectivity index (χ1n) is 13.2. The van der Waals surface area contributed by atoms with Crippen LogP contribution < -0.4 is 0 Å². The topological polar surface area (TPSA) is 0 Å². The summed E-state index contributed by atoms with van der Waals surface area (Å²) in [6, 6.07) is 0. The van der Waals surface area contributed by atoms with Crippen LogP contribution in [-0.2, 0) is 0 Å². The second-order valence-corrected chi connectivity index (χ2v) is 18.4. The Kier molecular flexibility index (Phi) is 19.6. The van der Waals surface area contributed by atoms with Crippen molar-refractivity contribution in [2.45, 2.75) is 113 Å². The van der Waals surface area contributed by atoms with E-state index >= 15 is 0 Å². The normalized spacial score (nSPS) is 14.6. The van der Waals surface area contributed by atoms with Crippen molar-refractivity contribution in [3.8, 4) is 0 Å². The molecule has 1 aromatic heterocycles. The van der Waals surface area contributed by atoms with Crippen LogP contribution in [0.15, 0.2) is 16.9 Å². The Bertz CT molecular complexity index is 631. The predicted octanol–water partition coefficient (Wildman–Crippen LogP) is 12.9. The highest BCUT2D eigenvalue weighted by atomic mass is 32.3. The zero-order valence-corrected chi connectivity index (χ0v) is 28.1. The molecular formula is C26H44S8+. The van der Waals surface area contributed by atoms with Crippen LogP contribution in [0.4, 0.5) is 0 Å². The monoisotopic (exact) mass is 612 g/mol. The summed E-state index contributed by atoms with van der Waals surface area (Å²) in [6.07, 6.45) is 16.1. The Hall–Kier alpha value is 1.89. The average molecular weight is 613 g/mol. The molecule has 0 aromatic carbocycles. The number of unbranched alkanes of at least 4 members (excludes halogenated alkanes) is 8. The molecule has 0 saturated heterocycles. The van der Waals surface area contributed by atoms with Gasteiger partial charge in [0.25, 0.3) is 4.19 Å². The molecule has 0 spiro atoms. The van der Waals surface area contributed by atoms with E-state index in [9.17, 15) is 0 Å². The van der Waals surface area contributed by atoms with Crippen molar-refractivity contribution in [2.75, 3.05) is 23.0 Å². The number of rotatable bonds is 21. The minimum Gasteiger partial charge on any atom is -0.118 e. The molecule has 2 rings (SSSR count). The fourth-order valence-corrected chi connectivity index (χ4v) is 15.4. The van der Waals surface area contributed by atoms with Gasteiger partial charge >= 0.3 is 0 Å². The maximum absolute atomic E-state index is 2.30. The lowest BCUT2D eigenvalue weighted by molar-refractivity contribution is 0.778. The van der Waals surface area contributed by atoms with Crippen LogP contribution in [0.1, 0.15) is 109 Å². The summed E-state index contributed by atoms with van der Waals surface area (Å²) < 4.78 is 9.48. The summed E-state index contributed by atoms with van der Waals surface area (Å²) in [7, 11) is 0. The first-order valence-corrected chi connectivity index (χ1v) is 20.4.